The first-order valence-corrected chi connectivity index (χ1v) is 5.19. The summed E-state index contributed by atoms with van der Waals surface area (Å²) in [5.74, 6) is 0. The average molecular weight is 185 g/mol. The Bertz CT molecular complexity index is 169. The Labute approximate surface area is 82.0 Å². The summed E-state index contributed by atoms with van der Waals surface area (Å²) in [6.45, 7) is 13.0. The molecule has 0 aliphatic carbocycles. The first-order chi connectivity index (χ1) is 5.81. The van der Waals surface area contributed by atoms with Gasteiger partial charge in [0, 0.05) is 19.2 Å². The van der Waals surface area contributed by atoms with Crippen molar-refractivity contribution in [3.05, 3.63) is 0 Å². The van der Waals surface area contributed by atoms with Gasteiger partial charge in [-0.3, -0.25) is 0 Å². The lowest BCUT2D eigenvalue weighted by molar-refractivity contribution is 0.0203. The number of rotatable bonds is 2. The molecule has 0 radical (unpaired) electrons. The van der Waals surface area contributed by atoms with E-state index >= 15 is 0 Å². The van der Waals surface area contributed by atoms with E-state index in [4.69, 9.17) is 4.74 Å². The van der Waals surface area contributed by atoms with Gasteiger partial charge in [0.1, 0.15) is 0 Å². The monoisotopic (exact) mass is 185 g/mol. The molecule has 1 heterocycles. The summed E-state index contributed by atoms with van der Waals surface area (Å²) in [6, 6.07) is 0.520. The molecule has 0 aromatic rings. The van der Waals surface area contributed by atoms with Gasteiger partial charge in [-0.2, -0.15) is 0 Å². The minimum absolute atomic E-state index is 0.0191. The van der Waals surface area contributed by atoms with Crippen LogP contribution in [0.3, 0.4) is 0 Å². The third kappa shape index (κ3) is 3.28. The Hall–Kier alpha value is -0.0800. The molecule has 1 atom stereocenters. The van der Waals surface area contributed by atoms with E-state index in [0.29, 0.717) is 11.5 Å². The molecule has 1 aliphatic rings. The maximum absolute atomic E-state index is 5.66. The predicted molar refractivity (Wildman–Crippen MR) is 55.9 cm³/mol. The van der Waals surface area contributed by atoms with E-state index in [2.05, 4.69) is 39.9 Å². The highest BCUT2D eigenvalue weighted by atomic mass is 16.5. The first kappa shape index (κ1) is 11.0. The van der Waals surface area contributed by atoms with Gasteiger partial charge in [-0.1, -0.05) is 20.8 Å². The summed E-state index contributed by atoms with van der Waals surface area (Å²) in [5.41, 5.74) is 0.379. The zero-order chi connectivity index (χ0) is 10.1. The highest BCUT2D eigenvalue weighted by Gasteiger charge is 2.35. The number of nitrogens with one attached hydrogen (secondary N) is 1. The molecule has 1 saturated heterocycles. The lowest BCUT2D eigenvalue weighted by Crippen LogP contribution is -2.46. The van der Waals surface area contributed by atoms with Crippen molar-refractivity contribution >= 4 is 0 Å². The second-order valence-corrected chi connectivity index (χ2v) is 5.73. The normalized spacial score (nSPS) is 27.9. The summed E-state index contributed by atoms with van der Waals surface area (Å²) in [6.07, 6.45) is 1.14. The van der Waals surface area contributed by atoms with Crippen molar-refractivity contribution in [2.75, 3.05) is 13.2 Å². The molecule has 1 fully saturated rings. The maximum atomic E-state index is 5.66. The summed E-state index contributed by atoms with van der Waals surface area (Å²) in [4.78, 5) is 0. The molecule has 2 heteroatoms. The second-order valence-electron chi connectivity index (χ2n) is 5.73. The number of hydrogen-bond donors (Lipinski definition) is 1. The Kier molecular flexibility index (Phi) is 3.03. The van der Waals surface area contributed by atoms with Crippen molar-refractivity contribution in [3.8, 4) is 0 Å². The molecule has 0 aromatic carbocycles. The van der Waals surface area contributed by atoms with E-state index in [1.54, 1.807) is 0 Å². The van der Waals surface area contributed by atoms with E-state index in [9.17, 15) is 0 Å². The number of ether oxygens (including phenoxy) is 1. The fourth-order valence-corrected chi connectivity index (χ4v) is 1.67. The van der Waals surface area contributed by atoms with Crippen LogP contribution in [0.1, 0.15) is 41.0 Å². The molecule has 1 aliphatic heterocycles. The van der Waals surface area contributed by atoms with Crippen LogP contribution in [-0.2, 0) is 4.74 Å². The van der Waals surface area contributed by atoms with Crippen LogP contribution in [0.5, 0.6) is 0 Å². The van der Waals surface area contributed by atoms with Crippen molar-refractivity contribution in [3.63, 3.8) is 0 Å². The Balaban J connectivity index is 2.37. The lowest BCUT2D eigenvalue weighted by atomic mass is 9.93. The quantitative estimate of drug-likeness (QED) is 0.712. The Morgan fingerprint density at radius 3 is 2.38 bits per heavy atom. The molecular formula is C11H23NO. The van der Waals surface area contributed by atoms with E-state index in [1.165, 1.54) is 0 Å². The van der Waals surface area contributed by atoms with E-state index in [0.717, 1.165) is 19.6 Å². The summed E-state index contributed by atoms with van der Waals surface area (Å²) >= 11 is 0. The van der Waals surface area contributed by atoms with Crippen molar-refractivity contribution in [2.45, 2.75) is 52.7 Å². The van der Waals surface area contributed by atoms with Crippen molar-refractivity contribution in [2.24, 2.45) is 5.41 Å². The van der Waals surface area contributed by atoms with Gasteiger partial charge in [0.05, 0.1) is 5.60 Å². The smallest absolute Gasteiger partial charge is 0.0779 e. The third-order valence-corrected chi connectivity index (χ3v) is 2.60. The van der Waals surface area contributed by atoms with Gasteiger partial charge < -0.3 is 10.1 Å². The van der Waals surface area contributed by atoms with Crippen LogP contribution in [0.4, 0.5) is 0 Å². The molecule has 1 N–H and O–H groups in total. The van der Waals surface area contributed by atoms with Crippen LogP contribution in [0, 0.1) is 5.41 Å². The Morgan fingerprint density at radius 2 is 2.00 bits per heavy atom. The molecule has 0 spiro atoms. The Morgan fingerprint density at radius 1 is 1.38 bits per heavy atom. The van der Waals surface area contributed by atoms with Gasteiger partial charge in [-0.15, -0.1) is 0 Å². The topological polar surface area (TPSA) is 21.3 Å². The largest absolute Gasteiger partial charge is 0.374 e. The standard InChI is InChI=1S/C11H23NO/c1-10(2,3)8-12-9-6-7-13-11(9,4)5/h9,12H,6-8H2,1-5H3. The van der Waals surface area contributed by atoms with E-state index in [1.807, 2.05) is 0 Å². The molecule has 0 amide bonds. The molecule has 2 nitrogen and oxygen atoms in total. The summed E-state index contributed by atoms with van der Waals surface area (Å²) in [7, 11) is 0. The zero-order valence-corrected chi connectivity index (χ0v) is 9.61. The summed E-state index contributed by atoms with van der Waals surface area (Å²) < 4.78 is 5.66. The molecule has 0 aromatic heterocycles. The van der Waals surface area contributed by atoms with Crippen LogP contribution in [-0.4, -0.2) is 24.8 Å². The van der Waals surface area contributed by atoms with Crippen LogP contribution in [0.2, 0.25) is 0 Å². The molecule has 0 bridgehead atoms. The van der Waals surface area contributed by atoms with Crippen LogP contribution in [0.15, 0.2) is 0 Å². The summed E-state index contributed by atoms with van der Waals surface area (Å²) in [5, 5.41) is 3.59. The van der Waals surface area contributed by atoms with Gasteiger partial charge in [0.25, 0.3) is 0 Å². The highest BCUT2D eigenvalue weighted by molar-refractivity contribution is 4.91. The fraction of sp³-hybridized carbons (Fsp3) is 1.00. The van der Waals surface area contributed by atoms with Crippen LogP contribution < -0.4 is 5.32 Å². The number of hydrogen-bond acceptors (Lipinski definition) is 2. The van der Waals surface area contributed by atoms with Crippen molar-refractivity contribution < 1.29 is 4.74 Å². The van der Waals surface area contributed by atoms with Gasteiger partial charge in [-0.25, -0.2) is 0 Å². The van der Waals surface area contributed by atoms with E-state index in [-0.39, 0.29) is 5.60 Å². The minimum atomic E-state index is 0.0191. The highest BCUT2D eigenvalue weighted by Crippen LogP contribution is 2.25. The van der Waals surface area contributed by atoms with E-state index < -0.39 is 0 Å². The fourth-order valence-electron chi connectivity index (χ4n) is 1.67. The zero-order valence-electron chi connectivity index (χ0n) is 9.61. The van der Waals surface area contributed by atoms with Gasteiger partial charge in [0.15, 0.2) is 0 Å². The maximum Gasteiger partial charge on any atom is 0.0779 e. The van der Waals surface area contributed by atoms with Crippen molar-refractivity contribution in [1.82, 2.24) is 5.32 Å². The molecule has 1 unspecified atom stereocenters. The van der Waals surface area contributed by atoms with Gasteiger partial charge in [-0.05, 0) is 25.7 Å². The minimum Gasteiger partial charge on any atom is -0.374 e. The van der Waals surface area contributed by atoms with Crippen molar-refractivity contribution in [1.29, 1.82) is 0 Å². The first-order valence-electron chi connectivity index (χ1n) is 5.19. The van der Waals surface area contributed by atoms with Crippen LogP contribution in [0.25, 0.3) is 0 Å². The predicted octanol–water partition coefficient (Wildman–Crippen LogP) is 2.19. The SMILES string of the molecule is CC(C)(C)CNC1CCOC1(C)C. The molecule has 0 saturated carbocycles. The second kappa shape index (κ2) is 3.58. The third-order valence-electron chi connectivity index (χ3n) is 2.60. The molecule has 13 heavy (non-hydrogen) atoms. The van der Waals surface area contributed by atoms with Gasteiger partial charge in [0.2, 0.25) is 0 Å². The molecular weight excluding hydrogens is 162 g/mol. The van der Waals surface area contributed by atoms with Gasteiger partial charge >= 0.3 is 0 Å². The average Bonchev–Trinajstić information content (AvgIpc) is 2.23. The van der Waals surface area contributed by atoms with Crippen LogP contribution >= 0.6 is 0 Å². The lowest BCUT2D eigenvalue weighted by Gasteiger charge is -2.29. The molecule has 78 valence electrons. The molecule has 1 rings (SSSR count).